The van der Waals surface area contributed by atoms with Crippen molar-refractivity contribution in [2.75, 3.05) is 0 Å². The van der Waals surface area contributed by atoms with Crippen LogP contribution in [0.4, 0.5) is 0 Å². The molecule has 0 fully saturated rings. The predicted molar refractivity (Wildman–Crippen MR) is 82.8 cm³/mol. The Morgan fingerprint density at radius 3 is 2.74 bits per heavy atom. The van der Waals surface area contributed by atoms with Gasteiger partial charge in [-0.25, -0.2) is 0 Å². The van der Waals surface area contributed by atoms with Crippen molar-refractivity contribution >= 4 is 7.28 Å². The molecule has 1 heterocycles. The Labute approximate surface area is 117 Å². The van der Waals surface area contributed by atoms with Gasteiger partial charge in [-0.1, -0.05) is 56.9 Å². The Morgan fingerprint density at radius 2 is 2.11 bits per heavy atom. The quantitative estimate of drug-likeness (QED) is 0.679. The van der Waals surface area contributed by atoms with Crippen LogP contribution in [0.5, 0.6) is 5.75 Å². The summed E-state index contributed by atoms with van der Waals surface area (Å²) in [6.07, 6.45) is 6.57. The molecule has 1 radical (unpaired) electrons. The van der Waals surface area contributed by atoms with Gasteiger partial charge in [-0.3, -0.25) is 0 Å². The Balaban J connectivity index is 2.10. The molecule has 1 atom stereocenters. The van der Waals surface area contributed by atoms with Crippen LogP contribution in [0.2, 0.25) is 0 Å². The van der Waals surface area contributed by atoms with Gasteiger partial charge in [-0.05, 0) is 30.0 Å². The molecule has 1 aliphatic heterocycles. The van der Waals surface area contributed by atoms with E-state index in [4.69, 9.17) is 4.74 Å². The molecule has 0 amide bonds. The van der Waals surface area contributed by atoms with Gasteiger partial charge in [-0.15, -0.1) is 5.98 Å². The molecular formula is C17H22BO. The van der Waals surface area contributed by atoms with Crippen LogP contribution in [-0.2, 0) is 0 Å². The molecule has 1 aromatic rings. The summed E-state index contributed by atoms with van der Waals surface area (Å²) in [6.45, 7) is 6.61. The second-order valence-corrected chi connectivity index (χ2v) is 5.34. The summed E-state index contributed by atoms with van der Waals surface area (Å²) in [7, 11) is 2.15. The van der Waals surface area contributed by atoms with E-state index in [2.05, 4.69) is 70.4 Å². The third-order valence-electron chi connectivity index (χ3n) is 3.41. The lowest BCUT2D eigenvalue weighted by molar-refractivity contribution is 0.232. The van der Waals surface area contributed by atoms with Crippen molar-refractivity contribution < 1.29 is 4.74 Å². The maximum Gasteiger partial charge on any atom is 0.180 e. The molecule has 1 nitrogen and oxygen atoms in total. The van der Waals surface area contributed by atoms with Crippen LogP contribution in [0.25, 0.3) is 0 Å². The normalized spacial score (nSPS) is 15.3. The molecule has 2 heteroatoms. The van der Waals surface area contributed by atoms with Gasteiger partial charge in [-0.2, -0.15) is 0 Å². The Kier molecular flexibility index (Phi) is 4.89. The average molecular weight is 253 g/mol. The predicted octanol–water partition coefficient (Wildman–Crippen LogP) is 4.47. The van der Waals surface area contributed by atoms with E-state index in [0.717, 1.165) is 18.6 Å². The van der Waals surface area contributed by atoms with E-state index in [9.17, 15) is 0 Å². The number of hydrogen-bond donors (Lipinski definition) is 0. The van der Waals surface area contributed by atoms with Gasteiger partial charge in [0.25, 0.3) is 0 Å². The highest BCUT2D eigenvalue weighted by Crippen LogP contribution is 2.24. The van der Waals surface area contributed by atoms with Gasteiger partial charge < -0.3 is 4.74 Å². The third-order valence-corrected chi connectivity index (χ3v) is 3.41. The fourth-order valence-electron chi connectivity index (χ4n) is 2.27. The maximum atomic E-state index is 6.19. The molecule has 0 aliphatic carbocycles. The molecule has 1 unspecified atom stereocenters. The van der Waals surface area contributed by atoms with E-state index in [1.54, 1.807) is 0 Å². The van der Waals surface area contributed by atoms with Gasteiger partial charge >= 0.3 is 0 Å². The zero-order valence-electron chi connectivity index (χ0n) is 12.1. The molecule has 0 bridgehead atoms. The Hall–Kier alpha value is -1.44. The molecular weight excluding hydrogens is 231 g/mol. The van der Waals surface area contributed by atoms with Crippen LogP contribution in [0.15, 0.2) is 47.9 Å². The summed E-state index contributed by atoms with van der Waals surface area (Å²) in [5.74, 6) is 3.59. The Morgan fingerprint density at radius 1 is 1.26 bits per heavy atom. The van der Waals surface area contributed by atoms with Gasteiger partial charge in [0, 0.05) is 0 Å². The third kappa shape index (κ3) is 3.76. The van der Waals surface area contributed by atoms with Crippen molar-refractivity contribution in [3.8, 4) is 5.75 Å². The molecule has 0 saturated heterocycles. The lowest BCUT2D eigenvalue weighted by atomic mass is 9.69. The molecule has 0 aromatic heterocycles. The first kappa shape index (κ1) is 14.0. The van der Waals surface area contributed by atoms with Gasteiger partial charge in [0.05, 0.1) is 0 Å². The van der Waals surface area contributed by atoms with E-state index in [1.807, 2.05) is 0 Å². The first-order chi connectivity index (χ1) is 9.20. The fraction of sp³-hybridized carbons (Fsp3) is 0.412. The van der Waals surface area contributed by atoms with Crippen molar-refractivity contribution in [1.82, 2.24) is 0 Å². The highest BCUT2D eigenvalue weighted by atomic mass is 16.5. The molecule has 1 aromatic carbocycles. The molecule has 19 heavy (non-hydrogen) atoms. The van der Waals surface area contributed by atoms with Gasteiger partial charge in [0.2, 0.25) is 0 Å². The topological polar surface area (TPSA) is 9.23 Å². The minimum atomic E-state index is 0.169. The second-order valence-electron chi connectivity index (χ2n) is 5.34. The summed E-state index contributed by atoms with van der Waals surface area (Å²) >= 11 is 0. The van der Waals surface area contributed by atoms with Crippen molar-refractivity contribution in [1.29, 1.82) is 0 Å². The maximum absolute atomic E-state index is 6.19. The van der Waals surface area contributed by atoms with Crippen LogP contribution in [0.1, 0.15) is 45.1 Å². The van der Waals surface area contributed by atoms with E-state index in [-0.39, 0.29) is 6.10 Å². The number of allylic oxidation sites excluding steroid dienone is 2. The lowest BCUT2D eigenvalue weighted by Gasteiger charge is -2.21. The van der Waals surface area contributed by atoms with E-state index >= 15 is 0 Å². The van der Waals surface area contributed by atoms with Crippen LogP contribution in [-0.4, -0.2) is 13.4 Å². The number of benzene rings is 1. The largest absolute Gasteiger partial charge is 0.487 e. The molecule has 1 aliphatic rings. The van der Waals surface area contributed by atoms with Crippen LogP contribution >= 0.6 is 0 Å². The highest BCUT2D eigenvalue weighted by Gasteiger charge is 2.16. The SMILES string of the molecule is CCCC(Oc1cccc(C(C)C)c1)C1=CC=C[B]1. The summed E-state index contributed by atoms with van der Waals surface area (Å²) in [5, 5.41) is 0. The number of hydrogen-bond acceptors (Lipinski definition) is 1. The minimum absolute atomic E-state index is 0.169. The second kappa shape index (κ2) is 6.65. The van der Waals surface area contributed by atoms with E-state index in [1.165, 1.54) is 11.0 Å². The lowest BCUT2D eigenvalue weighted by Crippen LogP contribution is -2.21. The first-order valence-electron chi connectivity index (χ1n) is 7.19. The Bertz CT molecular complexity index is 474. The zero-order valence-corrected chi connectivity index (χ0v) is 12.1. The average Bonchev–Trinajstić information content (AvgIpc) is 2.92. The summed E-state index contributed by atoms with van der Waals surface area (Å²) < 4.78 is 6.19. The summed E-state index contributed by atoms with van der Waals surface area (Å²) in [5.41, 5.74) is 2.60. The standard InChI is InChI=1S/C17H22BO/c1-4-7-17(16-10-6-11-18-16)19-15-9-5-8-14(12-15)13(2)3/h5-6,8-13,17H,4,7H2,1-3H3. The van der Waals surface area contributed by atoms with Crippen LogP contribution in [0, 0.1) is 0 Å². The monoisotopic (exact) mass is 253 g/mol. The molecule has 0 spiro atoms. The van der Waals surface area contributed by atoms with Crippen molar-refractivity contribution in [2.45, 2.75) is 45.6 Å². The zero-order chi connectivity index (χ0) is 13.7. The minimum Gasteiger partial charge on any atom is -0.487 e. The van der Waals surface area contributed by atoms with E-state index in [0.29, 0.717) is 5.92 Å². The van der Waals surface area contributed by atoms with Gasteiger partial charge in [0.1, 0.15) is 11.9 Å². The molecule has 2 rings (SSSR count). The highest BCUT2D eigenvalue weighted by molar-refractivity contribution is 6.52. The molecule has 0 saturated carbocycles. The fourth-order valence-corrected chi connectivity index (χ4v) is 2.27. The van der Waals surface area contributed by atoms with Gasteiger partial charge in [0.15, 0.2) is 7.28 Å². The smallest absolute Gasteiger partial charge is 0.180 e. The first-order valence-corrected chi connectivity index (χ1v) is 7.19. The van der Waals surface area contributed by atoms with Crippen molar-refractivity contribution in [2.24, 2.45) is 0 Å². The van der Waals surface area contributed by atoms with Crippen LogP contribution in [0.3, 0.4) is 0 Å². The molecule has 99 valence electrons. The van der Waals surface area contributed by atoms with Crippen LogP contribution < -0.4 is 4.74 Å². The number of rotatable bonds is 6. The molecule has 0 N–H and O–H groups in total. The summed E-state index contributed by atoms with van der Waals surface area (Å²) in [6, 6.07) is 8.46. The van der Waals surface area contributed by atoms with Crippen molar-refractivity contribution in [3.63, 3.8) is 0 Å². The summed E-state index contributed by atoms with van der Waals surface area (Å²) in [4.78, 5) is 0. The van der Waals surface area contributed by atoms with E-state index < -0.39 is 0 Å². The number of ether oxygens (including phenoxy) is 1. The van der Waals surface area contributed by atoms with Crippen molar-refractivity contribution in [3.05, 3.63) is 53.4 Å².